The van der Waals surface area contributed by atoms with Gasteiger partial charge < -0.3 is 10.1 Å². The normalized spacial score (nSPS) is 21.3. The first-order valence-electron chi connectivity index (χ1n) is 10.5. The molecule has 2 aliphatic heterocycles. The Morgan fingerprint density at radius 2 is 2.19 bits per heavy atom. The van der Waals surface area contributed by atoms with Gasteiger partial charge in [0.05, 0.1) is 28.0 Å². The number of nitrogens with one attached hydrogen (secondary N) is 1. The highest BCUT2D eigenvalue weighted by molar-refractivity contribution is 7.19. The van der Waals surface area contributed by atoms with Crippen LogP contribution in [0.15, 0.2) is 36.0 Å². The van der Waals surface area contributed by atoms with Crippen LogP contribution in [-0.4, -0.2) is 46.7 Å². The molecule has 1 saturated heterocycles. The number of likely N-dealkylation sites (N-methyl/N-ethyl adjacent to an activating group) is 1. The zero-order valence-electron chi connectivity index (χ0n) is 17.3. The summed E-state index contributed by atoms with van der Waals surface area (Å²) < 4.78 is 36.0. The molecule has 3 aromatic heterocycles. The molecule has 4 aromatic rings. The number of thiazole rings is 1. The Bertz CT molecular complexity index is 1370. The summed E-state index contributed by atoms with van der Waals surface area (Å²) >= 11 is 2.82. The first kappa shape index (κ1) is 20.2. The molecular formula is C23H20F2N4OS2. The van der Waals surface area contributed by atoms with Crippen LogP contribution in [0.4, 0.5) is 20.2 Å². The van der Waals surface area contributed by atoms with E-state index in [2.05, 4.69) is 39.3 Å². The first-order valence-corrected chi connectivity index (χ1v) is 12.2. The third-order valence-electron chi connectivity index (χ3n) is 6.48. The second kappa shape index (κ2) is 7.55. The van der Waals surface area contributed by atoms with Gasteiger partial charge in [0.15, 0.2) is 11.6 Å². The van der Waals surface area contributed by atoms with Crippen molar-refractivity contribution in [2.24, 2.45) is 0 Å². The van der Waals surface area contributed by atoms with E-state index in [1.54, 1.807) is 23.6 Å². The summed E-state index contributed by atoms with van der Waals surface area (Å²) in [6, 6.07) is 5.15. The number of anilines is 2. The highest BCUT2D eigenvalue weighted by atomic mass is 32.1. The van der Waals surface area contributed by atoms with E-state index in [0.717, 1.165) is 41.2 Å². The van der Waals surface area contributed by atoms with E-state index < -0.39 is 11.6 Å². The van der Waals surface area contributed by atoms with Crippen molar-refractivity contribution in [3.05, 3.63) is 52.5 Å². The molecule has 1 atom stereocenters. The summed E-state index contributed by atoms with van der Waals surface area (Å²) in [6.07, 6.45) is 4.91. The number of ether oxygens (including phenoxy) is 1. The van der Waals surface area contributed by atoms with E-state index in [4.69, 9.17) is 4.74 Å². The summed E-state index contributed by atoms with van der Waals surface area (Å²) in [4.78, 5) is 13.0. The number of thiophene rings is 1. The summed E-state index contributed by atoms with van der Waals surface area (Å²) in [6.45, 7) is 5.46. The van der Waals surface area contributed by atoms with Crippen molar-refractivity contribution >= 4 is 60.1 Å². The SMILES string of the molecule is CCN1CC=C(c2cc3c(Nc4c(F)cc5scnc5c4F)ccnc3s2)C12CCOC2. The van der Waals surface area contributed by atoms with Gasteiger partial charge in [-0.3, -0.25) is 4.90 Å². The molecule has 0 amide bonds. The van der Waals surface area contributed by atoms with Gasteiger partial charge in [-0.1, -0.05) is 13.0 Å². The molecule has 9 heteroatoms. The predicted molar refractivity (Wildman–Crippen MR) is 126 cm³/mol. The van der Waals surface area contributed by atoms with E-state index in [9.17, 15) is 8.78 Å². The number of hydrogen-bond acceptors (Lipinski definition) is 7. The molecule has 0 saturated carbocycles. The lowest BCUT2D eigenvalue weighted by molar-refractivity contribution is 0.129. The van der Waals surface area contributed by atoms with Crippen LogP contribution in [0.2, 0.25) is 0 Å². The van der Waals surface area contributed by atoms with Crippen molar-refractivity contribution < 1.29 is 13.5 Å². The Balaban J connectivity index is 1.42. The fraction of sp³-hybridized carbons (Fsp3) is 0.304. The van der Waals surface area contributed by atoms with Gasteiger partial charge >= 0.3 is 0 Å². The summed E-state index contributed by atoms with van der Waals surface area (Å²) in [5.41, 5.74) is 3.29. The van der Waals surface area contributed by atoms with Gasteiger partial charge in [0.25, 0.3) is 0 Å². The number of rotatable bonds is 4. The minimum atomic E-state index is -0.680. The van der Waals surface area contributed by atoms with E-state index in [0.29, 0.717) is 17.0 Å². The van der Waals surface area contributed by atoms with E-state index in [-0.39, 0.29) is 16.7 Å². The minimum absolute atomic E-state index is 0.100. The third-order valence-corrected chi connectivity index (χ3v) is 8.34. The van der Waals surface area contributed by atoms with Crippen LogP contribution in [0.1, 0.15) is 18.2 Å². The number of benzene rings is 1. The number of aromatic nitrogens is 2. The summed E-state index contributed by atoms with van der Waals surface area (Å²) in [5.74, 6) is -1.32. The van der Waals surface area contributed by atoms with Gasteiger partial charge in [-0.2, -0.15) is 0 Å². The zero-order chi connectivity index (χ0) is 21.9. The molecular weight excluding hydrogens is 450 g/mol. The summed E-state index contributed by atoms with van der Waals surface area (Å²) in [7, 11) is 0. The number of nitrogens with zero attached hydrogens (tertiary/aromatic N) is 3. The highest BCUT2D eigenvalue weighted by Gasteiger charge is 2.46. The fourth-order valence-corrected chi connectivity index (χ4v) is 6.74. The van der Waals surface area contributed by atoms with E-state index in [1.807, 2.05) is 0 Å². The molecule has 2 aliphatic rings. The average molecular weight is 471 g/mol. The lowest BCUT2D eigenvalue weighted by Gasteiger charge is -2.35. The quantitative estimate of drug-likeness (QED) is 0.408. The smallest absolute Gasteiger partial charge is 0.176 e. The van der Waals surface area contributed by atoms with Crippen LogP contribution in [0.25, 0.3) is 26.0 Å². The van der Waals surface area contributed by atoms with Gasteiger partial charge in [-0.25, -0.2) is 18.7 Å². The van der Waals surface area contributed by atoms with Crippen LogP contribution in [0, 0.1) is 11.6 Å². The topological polar surface area (TPSA) is 50.3 Å². The fourth-order valence-electron chi connectivity index (χ4n) is 4.88. The molecule has 1 N–H and O–H groups in total. The van der Waals surface area contributed by atoms with Gasteiger partial charge in [-0.15, -0.1) is 22.7 Å². The van der Waals surface area contributed by atoms with Crippen molar-refractivity contribution in [3.8, 4) is 0 Å². The lowest BCUT2D eigenvalue weighted by atomic mass is 9.88. The molecule has 1 spiro atoms. The molecule has 1 fully saturated rings. The van der Waals surface area contributed by atoms with Crippen LogP contribution >= 0.6 is 22.7 Å². The maximum Gasteiger partial charge on any atom is 0.176 e. The number of hydrogen-bond donors (Lipinski definition) is 1. The second-order valence-corrected chi connectivity index (χ2v) is 9.97. The van der Waals surface area contributed by atoms with Crippen LogP contribution in [0.5, 0.6) is 0 Å². The molecule has 0 aliphatic carbocycles. The molecule has 5 heterocycles. The Labute approximate surface area is 191 Å². The molecule has 0 radical (unpaired) electrons. The van der Waals surface area contributed by atoms with E-state index in [1.165, 1.54) is 28.5 Å². The molecule has 1 aromatic carbocycles. The van der Waals surface area contributed by atoms with Gasteiger partial charge in [0.1, 0.15) is 16.0 Å². The van der Waals surface area contributed by atoms with Crippen LogP contribution in [0.3, 0.4) is 0 Å². The minimum Gasteiger partial charge on any atom is -0.379 e. The number of fused-ring (bicyclic) bond motifs is 2. The van der Waals surface area contributed by atoms with Crippen LogP contribution < -0.4 is 5.32 Å². The van der Waals surface area contributed by atoms with Gasteiger partial charge in [0.2, 0.25) is 0 Å². The summed E-state index contributed by atoms with van der Waals surface area (Å²) in [5, 5.41) is 3.82. The maximum absolute atomic E-state index is 15.0. The lowest BCUT2D eigenvalue weighted by Crippen LogP contribution is -2.46. The van der Waals surface area contributed by atoms with Crippen molar-refractivity contribution in [2.75, 3.05) is 31.6 Å². The Morgan fingerprint density at radius 1 is 1.28 bits per heavy atom. The van der Waals surface area contributed by atoms with Crippen molar-refractivity contribution in [2.45, 2.75) is 18.9 Å². The second-order valence-electron chi connectivity index (χ2n) is 8.05. The van der Waals surface area contributed by atoms with Crippen molar-refractivity contribution in [1.29, 1.82) is 0 Å². The number of halogens is 2. The average Bonchev–Trinajstić information content (AvgIpc) is 3.58. The predicted octanol–water partition coefficient (Wildman–Crippen LogP) is 5.81. The highest BCUT2D eigenvalue weighted by Crippen LogP contribution is 2.46. The molecule has 5 nitrogen and oxygen atoms in total. The van der Waals surface area contributed by atoms with Crippen LogP contribution in [-0.2, 0) is 4.74 Å². The molecule has 32 heavy (non-hydrogen) atoms. The zero-order valence-corrected chi connectivity index (χ0v) is 19.0. The standard InChI is InChI=1S/C23H20F2N4OS2/c1-2-29-7-4-14(23(29)5-8-30-11-23)17-9-13-16(3-6-26-22(13)32-17)28-20-15(24)10-18-21(19(20)25)27-12-31-18/h3-4,6,9-10,12H,2,5,7-8,11H2,1H3,(H,26,28). The first-order chi connectivity index (χ1) is 15.6. The molecule has 6 rings (SSSR count). The van der Waals surface area contributed by atoms with Gasteiger partial charge in [-0.05, 0) is 36.7 Å². The largest absolute Gasteiger partial charge is 0.379 e. The number of pyridine rings is 1. The van der Waals surface area contributed by atoms with E-state index >= 15 is 0 Å². The monoisotopic (exact) mass is 470 g/mol. The maximum atomic E-state index is 15.0. The molecule has 0 bridgehead atoms. The van der Waals surface area contributed by atoms with Crippen molar-refractivity contribution in [3.63, 3.8) is 0 Å². The van der Waals surface area contributed by atoms with Gasteiger partial charge in [0, 0.05) is 29.6 Å². The van der Waals surface area contributed by atoms with Crippen molar-refractivity contribution in [1.82, 2.24) is 14.9 Å². The molecule has 1 unspecified atom stereocenters. The Morgan fingerprint density at radius 3 is 3.00 bits per heavy atom. The Hall–Kier alpha value is -2.46. The molecule has 164 valence electrons. The Kier molecular flexibility index (Phi) is 4.76. The third kappa shape index (κ3) is 2.92.